The Morgan fingerprint density at radius 1 is 1.03 bits per heavy atom. The van der Waals surface area contributed by atoms with Crippen LogP contribution in [0, 0.1) is 11.3 Å². The molecule has 2 aliphatic carbocycles. The first kappa shape index (κ1) is 42.1. The number of aliphatic hydroxyl groups excluding tert-OH is 1. The molecular formula is C44H50N6O9S. The lowest BCUT2D eigenvalue weighted by Crippen LogP contribution is -2.60. The monoisotopic (exact) mass is 838 g/mol. The number of urea groups is 1. The molecule has 60 heavy (non-hydrogen) atoms. The van der Waals surface area contributed by atoms with Gasteiger partial charge in [0.25, 0.3) is 5.91 Å². The van der Waals surface area contributed by atoms with Crippen LogP contribution in [0.1, 0.15) is 50.8 Å². The van der Waals surface area contributed by atoms with Crippen molar-refractivity contribution in [3.63, 3.8) is 0 Å². The molecular weight excluding hydrogens is 789 g/mol. The normalized spacial score (nSPS) is 23.8. The SMILES string of the molecule is C=CC1C[C@]1(NC(=O)[C@@H]1CC(Oc2cc(-c3ccccc3)nc3cc(OC)ccc23)CN1C(=O)N[C@H](C(=O)NC1c2ccccc2C[C@H]1O)C(C)(C)C)C(=O)NS(C)(=O)=O. The van der Waals surface area contributed by atoms with E-state index in [2.05, 4.69) is 22.5 Å². The van der Waals surface area contributed by atoms with Gasteiger partial charge in [0.15, 0.2) is 0 Å². The van der Waals surface area contributed by atoms with Crippen LogP contribution in [-0.2, 0) is 30.8 Å². The van der Waals surface area contributed by atoms with Gasteiger partial charge in [-0.1, -0.05) is 81.4 Å². The maximum Gasteiger partial charge on any atom is 0.318 e. The highest BCUT2D eigenvalue weighted by atomic mass is 32.2. The van der Waals surface area contributed by atoms with Gasteiger partial charge in [-0.15, -0.1) is 6.58 Å². The average Bonchev–Trinajstić information content (AvgIpc) is 3.61. The lowest BCUT2D eigenvalue weighted by atomic mass is 9.86. The molecule has 2 fully saturated rings. The number of hydrogen-bond donors (Lipinski definition) is 5. The molecule has 4 aromatic rings. The highest BCUT2D eigenvalue weighted by Gasteiger charge is 2.61. The Bertz CT molecular complexity index is 2460. The van der Waals surface area contributed by atoms with Crippen molar-refractivity contribution in [2.75, 3.05) is 19.9 Å². The summed E-state index contributed by atoms with van der Waals surface area (Å²) in [5.41, 5.74) is 1.29. The fourth-order valence-electron chi connectivity index (χ4n) is 8.16. The first-order chi connectivity index (χ1) is 28.4. The van der Waals surface area contributed by atoms with E-state index in [0.717, 1.165) is 22.9 Å². The van der Waals surface area contributed by atoms with Crippen molar-refractivity contribution in [3.8, 4) is 22.8 Å². The van der Waals surface area contributed by atoms with Crippen LogP contribution in [0.3, 0.4) is 0 Å². The molecule has 1 aromatic heterocycles. The molecule has 7 atom stereocenters. The van der Waals surface area contributed by atoms with Crippen LogP contribution in [0.15, 0.2) is 91.5 Å². The number of likely N-dealkylation sites (tertiary alicyclic amines) is 1. The maximum atomic E-state index is 14.5. The molecule has 5 N–H and O–H groups in total. The number of carbonyl (C=O) groups excluding carboxylic acids is 4. The summed E-state index contributed by atoms with van der Waals surface area (Å²) >= 11 is 0. The van der Waals surface area contributed by atoms with Crippen molar-refractivity contribution in [1.29, 1.82) is 0 Å². The Hall–Kier alpha value is -6.00. The Morgan fingerprint density at radius 2 is 1.75 bits per heavy atom. The molecule has 2 heterocycles. The zero-order chi connectivity index (χ0) is 43.1. The summed E-state index contributed by atoms with van der Waals surface area (Å²) in [6.45, 7) is 9.01. The van der Waals surface area contributed by atoms with Crippen molar-refractivity contribution < 1.29 is 42.2 Å². The number of sulfonamides is 1. The van der Waals surface area contributed by atoms with E-state index < -0.39 is 81.0 Å². The molecule has 7 rings (SSSR count). The van der Waals surface area contributed by atoms with E-state index in [1.165, 1.54) is 11.0 Å². The van der Waals surface area contributed by atoms with Crippen LogP contribution in [0.4, 0.5) is 4.79 Å². The number of benzene rings is 3. The number of aromatic nitrogens is 1. The summed E-state index contributed by atoms with van der Waals surface area (Å²) in [6.07, 6.45) is 1.10. The van der Waals surface area contributed by atoms with E-state index in [0.29, 0.717) is 34.5 Å². The molecule has 1 saturated carbocycles. The summed E-state index contributed by atoms with van der Waals surface area (Å²) in [4.78, 5) is 62.4. The Kier molecular flexibility index (Phi) is 11.4. The first-order valence-corrected chi connectivity index (χ1v) is 21.6. The van der Waals surface area contributed by atoms with Gasteiger partial charge in [-0.3, -0.25) is 19.1 Å². The van der Waals surface area contributed by atoms with Crippen molar-refractivity contribution in [1.82, 2.24) is 30.6 Å². The van der Waals surface area contributed by atoms with Gasteiger partial charge < -0.3 is 35.4 Å². The van der Waals surface area contributed by atoms with Crippen LogP contribution in [-0.4, -0.2) is 96.9 Å². The minimum Gasteiger partial charge on any atom is -0.497 e. The summed E-state index contributed by atoms with van der Waals surface area (Å²) in [5, 5.41) is 20.1. The molecule has 16 heteroatoms. The van der Waals surface area contributed by atoms with Gasteiger partial charge in [-0.2, -0.15) is 0 Å². The Morgan fingerprint density at radius 3 is 2.42 bits per heavy atom. The lowest BCUT2D eigenvalue weighted by Gasteiger charge is -2.34. The van der Waals surface area contributed by atoms with E-state index >= 15 is 0 Å². The van der Waals surface area contributed by atoms with Crippen LogP contribution in [0.5, 0.6) is 11.5 Å². The van der Waals surface area contributed by atoms with E-state index in [4.69, 9.17) is 14.5 Å². The zero-order valence-corrected chi connectivity index (χ0v) is 34.9. The number of hydrogen-bond acceptors (Lipinski definition) is 10. The number of nitrogens with zero attached hydrogens (tertiary/aromatic N) is 2. The molecule has 5 amide bonds. The number of methoxy groups -OCH3 is 1. The number of nitrogens with one attached hydrogen (secondary N) is 4. The van der Waals surface area contributed by atoms with Crippen molar-refractivity contribution in [3.05, 3.63) is 103 Å². The third kappa shape index (κ3) is 8.66. The summed E-state index contributed by atoms with van der Waals surface area (Å²) in [5.74, 6) is -1.71. The number of aliphatic hydroxyl groups is 1. The molecule has 0 bridgehead atoms. The smallest absolute Gasteiger partial charge is 0.318 e. The van der Waals surface area contributed by atoms with Crippen LogP contribution < -0.4 is 30.1 Å². The topological polar surface area (TPSA) is 205 Å². The van der Waals surface area contributed by atoms with Crippen LogP contribution in [0.25, 0.3) is 22.2 Å². The van der Waals surface area contributed by atoms with E-state index in [9.17, 15) is 32.7 Å². The van der Waals surface area contributed by atoms with Crippen molar-refractivity contribution in [2.24, 2.45) is 11.3 Å². The summed E-state index contributed by atoms with van der Waals surface area (Å²) < 4.78 is 38.3. The van der Waals surface area contributed by atoms with Crippen molar-refractivity contribution >= 4 is 44.7 Å². The number of rotatable bonds is 12. The third-order valence-electron chi connectivity index (χ3n) is 11.4. The molecule has 1 aliphatic heterocycles. The maximum absolute atomic E-state index is 14.5. The minimum atomic E-state index is -3.98. The number of fused-ring (bicyclic) bond motifs is 2. The first-order valence-electron chi connectivity index (χ1n) is 19.7. The van der Waals surface area contributed by atoms with Gasteiger partial charge in [-0.25, -0.2) is 18.2 Å². The highest BCUT2D eigenvalue weighted by molar-refractivity contribution is 7.89. The lowest BCUT2D eigenvalue weighted by molar-refractivity contribution is -0.131. The van der Waals surface area contributed by atoms with E-state index in [-0.39, 0.29) is 19.4 Å². The predicted octanol–water partition coefficient (Wildman–Crippen LogP) is 3.77. The van der Waals surface area contributed by atoms with Crippen LogP contribution in [0.2, 0.25) is 0 Å². The van der Waals surface area contributed by atoms with Crippen LogP contribution >= 0.6 is 0 Å². The van der Waals surface area contributed by atoms with Gasteiger partial charge in [0.1, 0.15) is 35.2 Å². The number of pyridine rings is 1. The standard InChI is InChI=1S/C44H50N6O9S/c1-7-27-23-44(27,41(54)49-60(6,56)57)48-39(52)34-21-29(59-36-22-32(25-13-9-8-10-14-25)45-33-20-28(58-5)17-18-31(33)36)24-50(34)42(55)47-38(43(2,3)4)40(53)46-37-30-16-12-11-15-26(30)19-35(37)51/h7-18,20,22,27,29,34-35,37-38,51H,1,19,21,23-24H2,2-6H3,(H,46,53)(H,47,55)(H,48,52)(H,49,54)/t27?,29?,34-,35+,37?,38+,44+/m0/s1. The molecule has 3 aromatic carbocycles. The second kappa shape index (κ2) is 16.2. The van der Waals surface area contributed by atoms with E-state index in [1.54, 1.807) is 46.1 Å². The van der Waals surface area contributed by atoms with Gasteiger partial charge in [-0.05, 0) is 35.1 Å². The molecule has 3 aliphatic rings. The second-order valence-corrected chi connectivity index (χ2v) is 18.6. The van der Waals surface area contributed by atoms with Gasteiger partial charge in [0, 0.05) is 41.8 Å². The second-order valence-electron chi connectivity index (χ2n) is 16.8. The molecule has 0 spiro atoms. The summed E-state index contributed by atoms with van der Waals surface area (Å²) in [6, 6.07) is 20.3. The number of carbonyl (C=O) groups is 4. The van der Waals surface area contributed by atoms with Gasteiger partial charge in [0.05, 0.1) is 43.3 Å². The Labute approximate surface area is 349 Å². The molecule has 1 saturated heterocycles. The van der Waals surface area contributed by atoms with Gasteiger partial charge in [0.2, 0.25) is 21.8 Å². The fourth-order valence-corrected chi connectivity index (χ4v) is 8.67. The largest absolute Gasteiger partial charge is 0.497 e. The highest BCUT2D eigenvalue weighted by Crippen LogP contribution is 2.45. The summed E-state index contributed by atoms with van der Waals surface area (Å²) in [7, 11) is -2.42. The molecule has 3 unspecified atom stereocenters. The average molecular weight is 839 g/mol. The Balaban J connectivity index is 1.20. The molecule has 0 radical (unpaired) electrons. The minimum absolute atomic E-state index is 0.0279. The number of ether oxygens (including phenoxy) is 2. The van der Waals surface area contributed by atoms with Gasteiger partial charge >= 0.3 is 6.03 Å². The fraction of sp³-hybridized carbons (Fsp3) is 0.386. The molecule has 316 valence electrons. The number of amides is 5. The van der Waals surface area contributed by atoms with E-state index in [1.807, 2.05) is 65.4 Å². The quantitative estimate of drug-likeness (QED) is 0.131. The molecule has 15 nitrogen and oxygen atoms in total. The predicted molar refractivity (Wildman–Crippen MR) is 224 cm³/mol. The third-order valence-corrected chi connectivity index (χ3v) is 12.0. The van der Waals surface area contributed by atoms with Crippen molar-refractivity contribution in [2.45, 2.75) is 75.9 Å². The zero-order valence-electron chi connectivity index (χ0n) is 34.1.